The van der Waals surface area contributed by atoms with E-state index in [0.29, 0.717) is 19.1 Å². The molecule has 0 bridgehead atoms. The first kappa shape index (κ1) is 19.6. The van der Waals surface area contributed by atoms with Gasteiger partial charge >= 0.3 is 0 Å². The number of β-amino-alcohol motifs (C(OH)–C–C–N with tert-alkyl or cyclic N) is 1. The summed E-state index contributed by atoms with van der Waals surface area (Å²) in [6, 6.07) is 4.31. The number of ether oxygens (including phenoxy) is 1. The van der Waals surface area contributed by atoms with Gasteiger partial charge in [0.2, 0.25) is 0 Å². The summed E-state index contributed by atoms with van der Waals surface area (Å²) in [6.07, 6.45) is 8.92. The van der Waals surface area contributed by atoms with E-state index in [9.17, 15) is 5.11 Å². The van der Waals surface area contributed by atoms with Crippen molar-refractivity contribution in [1.29, 1.82) is 0 Å². The summed E-state index contributed by atoms with van der Waals surface area (Å²) in [5, 5.41) is 10.8. The molecule has 28 heavy (non-hydrogen) atoms. The zero-order valence-electron chi connectivity index (χ0n) is 17.1. The molecule has 6 nitrogen and oxygen atoms in total. The van der Waals surface area contributed by atoms with Gasteiger partial charge in [-0.05, 0) is 50.3 Å². The number of rotatable bonds is 5. The number of hydrogen-bond donors (Lipinski definition) is 1. The van der Waals surface area contributed by atoms with Gasteiger partial charge in [-0.15, -0.1) is 0 Å². The number of aliphatic hydroxyl groups is 1. The van der Waals surface area contributed by atoms with Gasteiger partial charge in [0.05, 0.1) is 23.2 Å². The first-order valence-electron chi connectivity index (χ1n) is 10.5. The van der Waals surface area contributed by atoms with Crippen molar-refractivity contribution in [2.24, 2.45) is 13.0 Å². The van der Waals surface area contributed by atoms with Crippen LogP contribution in [0.25, 0.3) is 11.4 Å². The molecule has 2 aliphatic heterocycles. The van der Waals surface area contributed by atoms with Crippen molar-refractivity contribution >= 4 is 0 Å². The van der Waals surface area contributed by atoms with E-state index in [1.54, 1.807) is 0 Å². The Labute approximate surface area is 167 Å². The standard InChI is InChI=1S/C22H32N4O2/c1-17-23-14-21(25(17)2)20-6-5-18(13-24-20)12-19-4-3-9-26(15-19)16-22(27)7-10-28-11-8-22/h5-6,13-14,19,27H,3-4,7-12,15-16H2,1-2H3/t19-/m0/s1. The molecule has 0 unspecified atom stereocenters. The summed E-state index contributed by atoms with van der Waals surface area (Å²) in [7, 11) is 2.02. The van der Waals surface area contributed by atoms with Crippen LogP contribution in [0.1, 0.15) is 37.1 Å². The monoisotopic (exact) mass is 384 g/mol. The fraction of sp³-hybridized carbons (Fsp3) is 0.636. The van der Waals surface area contributed by atoms with Gasteiger partial charge in [-0.2, -0.15) is 0 Å². The van der Waals surface area contributed by atoms with E-state index in [0.717, 1.165) is 56.1 Å². The molecule has 2 aromatic rings. The molecule has 152 valence electrons. The second-order valence-electron chi connectivity index (χ2n) is 8.59. The lowest BCUT2D eigenvalue weighted by Crippen LogP contribution is -2.49. The predicted octanol–water partition coefficient (Wildman–Crippen LogP) is 2.59. The quantitative estimate of drug-likeness (QED) is 0.858. The number of nitrogens with zero attached hydrogens (tertiary/aromatic N) is 4. The molecule has 2 aromatic heterocycles. The molecule has 0 radical (unpaired) electrons. The fourth-order valence-electron chi connectivity index (χ4n) is 4.56. The van der Waals surface area contributed by atoms with Crippen LogP contribution in [0.3, 0.4) is 0 Å². The van der Waals surface area contributed by atoms with E-state index >= 15 is 0 Å². The summed E-state index contributed by atoms with van der Waals surface area (Å²) in [5.41, 5.74) is 2.75. The number of imidazole rings is 1. The fourth-order valence-corrected chi connectivity index (χ4v) is 4.56. The van der Waals surface area contributed by atoms with Gasteiger partial charge in [0.25, 0.3) is 0 Å². The van der Waals surface area contributed by atoms with Crippen molar-refractivity contribution in [3.63, 3.8) is 0 Å². The van der Waals surface area contributed by atoms with E-state index in [4.69, 9.17) is 4.74 Å². The van der Waals surface area contributed by atoms with Crippen LogP contribution >= 0.6 is 0 Å². The van der Waals surface area contributed by atoms with Gasteiger partial charge in [0, 0.05) is 52.4 Å². The van der Waals surface area contributed by atoms with Gasteiger partial charge in [0.15, 0.2) is 0 Å². The van der Waals surface area contributed by atoms with Crippen molar-refractivity contribution in [3.05, 3.63) is 35.9 Å². The molecule has 1 atom stereocenters. The lowest BCUT2D eigenvalue weighted by Gasteiger charge is -2.40. The Bertz CT molecular complexity index is 780. The minimum absolute atomic E-state index is 0.565. The first-order valence-corrected chi connectivity index (χ1v) is 10.5. The highest BCUT2D eigenvalue weighted by Gasteiger charge is 2.33. The Morgan fingerprint density at radius 3 is 2.71 bits per heavy atom. The number of piperidine rings is 1. The molecule has 4 heterocycles. The highest BCUT2D eigenvalue weighted by molar-refractivity contribution is 5.54. The number of likely N-dealkylation sites (tertiary alicyclic amines) is 1. The average molecular weight is 385 g/mol. The predicted molar refractivity (Wildman–Crippen MR) is 109 cm³/mol. The summed E-state index contributed by atoms with van der Waals surface area (Å²) >= 11 is 0. The Morgan fingerprint density at radius 1 is 1.21 bits per heavy atom. The van der Waals surface area contributed by atoms with Gasteiger partial charge < -0.3 is 19.3 Å². The normalized spacial score (nSPS) is 23.0. The van der Waals surface area contributed by atoms with Crippen LogP contribution in [0.5, 0.6) is 0 Å². The topological polar surface area (TPSA) is 63.4 Å². The van der Waals surface area contributed by atoms with Gasteiger partial charge in [-0.1, -0.05) is 6.07 Å². The Kier molecular flexibility index (Phi) is 5.80. The molecule has 0 amide bonds. The molecule has 2 fully saturated rings. The van der Waals surface area contributed by atoms with Crippen LogP contribution in [0, 0.1) is 12.8 Å². The zero-order valence-corrected chi connectivity index (χ0v) is 17.1. The van der Waals surface area contributed by atoms with Crippen LogP contribution in [-0.4, -0.2) is 63.0 Å². The van der Waals surface area contributed by atoms with Gasteiger partial charge in [0.1, 0.15) is 5.82 Å². The molecule has 0 saturated carbocycles. The smallest absolute Gasteiger partial charge is 0.105 e. The van der Waals surface area contributed by atoms with Crippen LogP contribution in [0.2, 0.25) is 0 Å². The van der Waals surface area contributed by atoms with E-state index in [-0.39, 0.29) is 0 Å². The SMILES string of the molecule is Cc1ncc(-c2ccc(C[C@@H]3CCCN(CC4(O)CCOCC4)C3)cn2)n1C. The first-order chi connectivity index (χ1) is 13.5. The molecule has 4 rings (SSSR count). The van der Waals surface area contributed by atoms with Crippen LogP contribution in [-0.2, 0) is 18.2 Å². The third-order valence-electron chi connectivity index (χ3n) is 6.38. The van der Waals surface area contributed by atoms with E-state index in [2.05, 4.69) is 31.6 Å². The molecular weight excluding hydrogens is 352 g/mol. The van der Waals surface area contributed by atoms with Crippen molar-refractivity contribution in [2.75, 3.05) is 32.8 Å². The third kappa shape index (κ3) is 4.45. The molecule has 0 spiro atoms. The minimum atomic E-state index is -0.565. The molecule has 0 aliphatic carbocycles. The van der Waals surface area contributed by atoms with Crippen LogP contribution in [0.4, 0.5) is 0 Å². The summed E-state index contributed by atoms with van der Waals surface area (Å²) in [6.45, 7) is 6.31. The summed E-state index contributed by atoms with van der Waals surface area (Å²) in [5.74, 6) is 1.62. The highest BCUT2D eigenvalue weighted by atomic mass is 16.5. The zero-order chi connectivity index (χ0) is 19.6. The van der Waals surface area contributed by atoms with Gasteiger partial charge in [-0.25, -0.2) is 4.98 Å². The summed E-state index contributed by atoms with van der Waals surface area (Å²) in [4.78, 5) is 11.5. The number of aromatic nitrogens is 3. The Morgan fingerprint density at radius 2 is 2.04 bits per heavy atom. The van der Waals surface area contributed by atoms with Crippen molar-refractivity contribution in [1.82, 2.24) is 19.4 Å². The van der Waals surface area contributed by atoms with Crippen molar-refractivity contribution in [2.45, 2.75) is 44.6 Å². The number of pyridine rings is 1. The third-order valence-corrected chi connectivity index (χ3v) is 6.38. The minimum Gasteiger partial charge on any atom is -0.388 e. The Hall–Kier alpha value is -1.76. The molecule has 2 saturated heterocycles. The largest absolute Gasteiger partial charge is 0.388 e. The molecular formula is C22H32N4O2. The van der Waals surface area contributed by atoms with E-state index < -0.39 is 5.60 Å². The Balaban J connectivity index is 1.35. The van der Waals surface area contributed by atoms with Crippen LogP contribution < -0.4 is 0 Å². The second kappa shape index (κ2) is 8.31. The molecule has 6 heteroatoms. The molecule has 1 N–H and O–H groups in total. The molecule has 2 aliphatic rings. The van der Waals surface area contributed by atoms with E-state index in [1.165, 1.54) is 18.4 Å². The lowest BCUT2D eigenvalue weighted by atomic mass is 9.89. The molecule has 0 aromatic carbocycles. The van der Waals surface area contributed by atoms with Gasteiger partial charge in [-0.3, -0.25) is 4.98 Å². The lowest BCUT2D eigenvalue weighted by molar-refractivity contribution is -0.0838. The highest BCUT2D eigenvalue weighted by Crippen LogP contribution is 2.27. The van der Waals surface area contributed by atoms with Crippen LogP contribution in [0.15, 0.2) is 24.5 Å². The number of hydrogen-bond acceptors (Lipinski definition) is 5. The average Bonchev–Trinajstić information content (AvgIpc) is 3.02. The van der Waals surface area contributed by atoms with Crippen molar-refractivity contribution < 1.29 is 9.84 Å². The second-order valence-corrected chi connectivity index (χ2v) is 8.59. The maximum absolute atomic E-state index is 10.8. The van der Waals surface area contributed by atoms with E-state index in [1.807, 2.05) is 26.4 Å². The number of aryl methyl sites for hydroxylation is 1. The maximum Gasteiger partial charge on any atom is 0.105 e. The maximum atomic E-state index is 10.8. The summed E-state index contributed by atoms with van der Waals surface area (Å²) < 4.78 is 7.49. The van der Waals surface area contributed by atoms with Crippen molar-refractivity contribution in [3.8, 4) is 11.4 Å².